The molecule has 3 rings (SSSR count). The van der Waals surface area contributed by atoms with Crippen LogP contribution >= 0.6 is 11.6 Å². The van der Waals surface area contributed by atoms with Crippen LogP contribution in [0.15, 0.2) is 53.5 Å². The normalized spacial score (nSPS) is 19.2. The zero-order valence-corrected chi connectivity index (χ0v) is 18.5. The Balaban J connectivity index is 1.61. The first-order chi connectivity index (χ1) is 15.0. The Hall–Kier alpha value is -2.64. The number of nitrogens with one attached hydrogen (secondary N) is 2. The Morgan fingerprint density at radius 1 is 1.19 bits per heavy atom. The number of rotatable bonds is 6. The van der Waals surface area contributed by atoms with Crippen molar-refractivity contribution in [3.8, 4) is 0 Å². The molecule has 8 heteroatoms. The molecule has 1 amide bonds. The second-order valence-corrected chi connectivity index (χ2v) is 7.77. The van der Waals surface area contributed by atoms with Crippen LogP contribution in [0.4, 0.5) is 4.39 Å². The molecule has 1 aliphatic rings. The fourth-order valence-electron chi connectivity index (χ4n) is 3.48. The zero-order valence-electron chi connectivity index (χ0n) is 17.8. The van der Waals surface area contributed by atoms with Crippen molar-refractivity contribution in [1.82, 2.24) is 15.5 Å². The molecule has 1 aliphatic heterocycles. The fraction of sp³-hybridized carbons (Fsp3) is 0.391. The van der Waals surface area contributed by atoms with Gasteiger partial charge in [-0.1, -0.05) is 35.9 Å². The topological polar surface area (TPSA) is 66.0 Å². The fourth-order valence-corrected chi connectivity index (χ4v) is 3.71. The Labute approximate surface area is 187 Å². The van der Waals surface area contributed by atoms with Crippen molar-refractivity contribution >= 4 is 23.5 Å². The molecule has 1 fully saturated rings. The number of amides is 1. The van der Waals surface area contributed by atoms with Crippen LogP contribution in [0.3, 0.4) is 0 Å². The van der Waals surface area contributed by atoms with E-state index in [0.29, 0.717) is 36.8 Å². The number of nitrogens with zero attached hydrogens (tertiary/aromatic N) is 2. The van der Waals surface area contributed by atoms with Crippen LogP contribution in [-0.2, 0) is 4.74 Å². The van der Waals surface area contributed by atoms with Crippen molar-refractivity contribution in [2.75, 3.05) is 32.7 Å². The molecule has 0 spiro atoms. The summed E-state index contributed by atoms with van der Waals surface area (Å²) >= 11 is 6.07. The number of aliphatic imine (C=N–C) groups is 1. The summed E-state index contributed by atoms with van der Waals surface area (Å²) in [6, 6.07) is 13.3. The van der Waals surface area contributed by atoms with E-state index in [4.69, 9.17) is 16.3 Å². The van der Waals surface area contributed by atoms with Crippen LogP contribution < -0.4 is 10.6 Å². The molecular formula is C23H28ClFN4O2. The maximum Gasteiger partial charge on any atom is 0.252 e. The van der Waals surface area contributed by atoms with Crippen molar-refractivity contribution < 1.29 is 13.9 Å². The number of carbonyl (C=O) groups excluding carboxylic acids is 1. The van der Waals surface area contributed by atoms with Crippen molar-refractivity contribution in [3.63, 3.8) is 0 Å². The molecule has 0 saturated carbocycles. The van der Waals surface area contributed by atoms with Gasteiger partial charge in [-0.25, -0.2) is 4.39 Å². The number of hydrogen-bond acceptors (Lipinski definition) is 3. The van der Waals surface area contributed by atoms with Crippen LogP contribution in [-0.4, -0.2) is 55.6 Å². The van der Waals surface area contributed by atoms with Crippen molar-refractivity contribution in [2.45, 2.75) is 26.1 Å². The standard InChI is InChI=1S/C23H28ClFN4O2/c1-3-26-23(28-13-12-27-22(30)19-6-4-5-7-20(19)24)29-14-16(2)31-21(15-29)17-8-10-18(25)11-9-17/h4-11,16,21H,3,12-15H2,1-2H3,(H,26,28)(H,27,30). The van der Waals surface area contributed by atoms with Crippen LogP contribution in [0, 0.1) is 5.82 Å². The molecule has 31 heavy (non-hydrogen) atoms. The van der Waals surface area contributed by atoms with Gasteiger partial charge in [0, 0.05) is 19.6 Å². The zero-order chi connectivity index (χ0) is 22.2. The molecule has 6 nitrogen and oxygen atoms in total. The van der Waals surface area contributed by atoms with Gasteiger partial charge in [0.15, 0.2) is 5.96 Å². The molecule has 2 aromatic carbocycles. The smallest absolute Gasteiger partial charge is 0.252 e. The lowest BCUT2D eigenvalue weighted by Crippen LogP contribution is -2.51. The number of ether oxygens (including phenoxy) is 1. The minimum Gasteiger partial charge on any atom is -0.367 e. The average molecular weight is 447 g/mol. The third kappa shape index (κ3) is 6.42. The van der Waals surface area contributed by atoms with E-state index in [1.807, 2.05) is 13.8 Å². The van der Waals surface area contributed by atoms with Gasteiger partial charge in [-0.15, -0.1) is 0 Å². The van der Waals surface area contributed by atoms with E-state index < -0.39 is 0 Å². The van der Waals surface area contributed by atoms with Crippen molar-refractivity contribution in [1.29, 1.82) is 0 Å². The second kappa shape index (κ2) is 11.1. The van der Waals surface area contributed by atoms with Gasteiger partial charge in [0.1, 0.15) is 11.9 Å². The lowest BCUT2D eigenvalue weighted by molar-refractivity contribution is -0.0605. The molecule has 0 bridgehead atoms. The molecule has 0 aromatic heterocycles. The predicted molar refractivity (Wildman–Crippen MR) is 121 cm³/mol. The highest BCUT2D eigenvalue weighted by Gasteiger charge is 2.28. The maximum absolute atomic E-state index is 13.3. The highest BCUT2D eigenvalue weighted by atomic mass is 35.5. The largest absolute Gasteiger partial charge is 0.367 e. The van der Waals surface area contributed by atoms with Crippen LogP contribution in [0.2, 0.25) is 5.02 Å². The number of benzene rings is 2. The third-order valence-electron chi connectivity index (χ3n) is 4.91. The Bertz CT molecular complexity index is 907. The molecule has 2 aromatic rings. The predicted octanol–water partition coefficient (Wildman–Crippen LogP) is 3.64. The van der Waals surface area contributed by atoms with E-state index in [-0.39, 0.29) is 23.9 Å². The summed E-state index contributed by atoms with van der Waals surface area (Å²) < 4.78 is 19.4. The van der Waals surface area contributed by atoms with E-state index in [1.54, 1.807) is 36.4 Å². The average Bonchev–Trinajstić information content (AvgIpc) is 2.76. The maximum atomic E-state index is 13.3. The van der Waals surface area contributed by atoms with Gasteiger partial charge in [-0.3, -0.25) is 9.79 Å². The SMILES string of the molecule is CCNC(=NCCNC(=O)c1ccccc1Cl)N1CC(C)OC(c2ccc(F)cc2)C1. The number of morpholine rings is 1. The highest BCUT2D eigenvalue weighted by molar-refractivity contribution is 6.33. The summed E-state index contributed by atoms with van der Waals surface area (Å²) in [7, 11) is 0. The summed E-state index contributed by atoms with van der Waals surface area (Å²) in [4.78, 5) is 19.1. The molecule has 0 aliphatic carbocycles. The first-order valence-corrected chi connectivity index (χ1v) is 10.8. The van der Waals surface area contributed by atoms with Crippen molar-refractivity contribution in [3.05, 3.63) is 70.5 Å². The molecule has 1 heterocycles. The van der Waals surface area contributed by atoms with Gasteiger partial charge < -0.3 is 20.3 Å². The number of hydrogen-bond donors (Lipinski definition) is 2. The van der Waals surface area contributed by atoms with Crippen LogP contribution in [0.1, 0.15) is 35.9 Å². The summed E-state index contributed by atoms with van der Waals surface area (Å²) in [5.74, 6) is 0.275. The third-order valence-corrected chi connectivity index (χ3v) is 5.24. The molecule has 0 radical (unpaired) electrons. The van der Waals surface area contributed by atoms with E-state index in [2.05, 4.69) is 20.5 Å². The minimum absolute atomic E-state index is 0.00687. The van der Waals surface area contributed by atoms with Crippen LogP contribution in [0.5, 0.6) is 0 Å². The summed E-state index contributed by atoms with van der Waals surface area (Å²) in [5, 5.41) is 6.58. The molecule has 166 valence electrons. The number of carbonyl (C=O) groups is 1. The monoisotopic (exact) mass is 446 g/mol. The van der Waals surface area contributed by atoms with Gasteiger partial charge in [0.25, 0.3) is 5.91 Å². The Morgan fingerprint density at radius 3 is 2.65 bits per heavy atom. The molecular weight excluding hydrogens is 419 g/mol. The number of halogens is 2. The lowest BCUT2D eigenvalue weighted by atomic mass is 10.1. The molecule has 2 N–H and O–H groups in total. The van der Waals surface area contributed by atoms with E-state index in [0.717, 1.165) is 18.1 Å². The van der Waals surface area contributed by atoms with Crippen LogP contribution in [0.25, 0.3) is 0 Å². The first kappa shape index (κ1) is 23.0. The van der Waals surface area contributed by atoms with Crippen molar-refractivity contribution in [2.24, 2.45) is 4.99 Å². The summed E-state index contributed by atoms with van der Waals surface area (Å²) in [6.07, 6.45) is -0.180. The Morgan fingerprint density at radius 2 is 1.94 bits per heavy atom. The van der Waals surface area contributed by atoms with Gasteiger partial charge in [-0.2, -0.15) is 0 Å². The first-order valence-electron chi connectivity index (χ1n) is 10.4. The summed E-state index contributed by atoms with van der Waals surface area (Å²) in [6.45, 7) is 6.85. The van der Waals surface area contributed by atoms with E-state index >= 15 is 0 Å². The van der Waals surface area contributed by atoms with Gasteiger partial charge >= 0.3 is 0 Å². The highest BCUT2D eigenvalue weighted by Crippen LogP contribution is 2.25. The second-order valence-electron chi connectivity index (χ2n) is 7.36. The minimum atomic E-state index is -0.266. The van der Waals surface area contributed by atoms with E-state index in [1.165, 1.54) is 12.1 Å². The quantitative estimate of drug-likeness (QED) is 0.404. The van der Waals surface area contributed by atoms with E-state index in [9.17, 15) is 9.18 Å². The number of guanidine groups is 1. The Kier molecular flexibility index (Phi) is 8.26. The molecule has 1 saturated heterocycles. The van der Waals surface area contributed by atoms with Gasteiger partial charge in [0.05, 0.1) is 29.8 Å². The van der Waals surface area contributed by atoms with Gasteiger partial charge in [-0.05, 0) is 43.7 Å². The molecule has 2 atom stereocenters. The van der Waals surface area contributed by atoms with Gasteiger partial charge in [0.2, 0.25) is 0 Å². The summed E-state index contributed by atoms with van der Waals surface area (Å²) in [5.41, 5.74) is 1.38. The lowest BCUT2D eigenvalue weighted by Gasteiger charge is -2.38. The molecule has 2 unspecified atom stereocenters.